The lowest BCUT2D eigenvalue weighted by molar-refractivity contribution is 0.0695. The summed E-state index contributed by atoms with van der Waals surface area (Å²) in [7, 11) is -3.86. The monoisotopic (exact) mass is 463 g/mol. The highest BCUT2D eigenvalue weighted by Crippen LogP contribution is 2.31. The molecular formula is C24H21N3O5S. The Hall–Kier alpha value is -4.13. The summed E-state index contributed by atoms with van der Waals surface area (Å²) in [5, 5.41) is 14.4. The van der Waals surface area contributed by atoms with Crippen molar-refractivity contribution in [2.75, 3.05) is 5.73 Å². The minimum atomic E-state index is -3.86. The van der Waals surface area contributed by atoms with E-state index in [2.05, 4.69) is 11.8 Å². The Morgan fingerprint density at radius 1 is 1.03 bits per heavy atom. The number of nitrogen functional groups attached to an aromatic ring is 1. The van der Waals surface area contributed by atoms with E-state index >= 15 is 0 Å². The molecule has 0 aliphatic heterocycles. The Morgan fingerprint density at radius 2 is 1.70 bits per heavy atom. The number of amides is 1. The van der Waals surface area contributed by atoms with E-state index < -0.39 is 21.9 Å². The quantitative estimate of drug-likeness (QED) is 0.334. The predicted octanol–water partition coefficient (Wildman–Crippen LogP) is 2.28. The molecule has 3 aromatic rings. The van der Waals surface area contributed by atoms with Crippen molar-refractivity contribution in [1.82, 2.24) is 0 Å². The van der Waals surface area contributed by atoms with Crippen molar-refractivity contribution < 1.29 is 23.1 Å². The summed E-state index contributed by atoms with van der Waals surface area (Å²) in [4.78, 5) is 23.2. The first-order valence-corrected chi connectivity index (χ1v) is 11.2. The van der Waals surface area contributed by atoms with Crippen molar-refractivity contribution in [3.8, 4) is 23.0 Å². The highest BCUT2D eigenvalue weighted by molar-refractivity contribution is 7.89. The van der Waals surface area contributed by atoms with Crippen LogP contribution in [0.2, 0.25) is 0 Å². The number of carboxylic acid groups (broad SMARTS) is 1. The number of benzene rings is 3. The van der Waals surface area contributed by atoms with Gasteiger partial charge in [-0.1, -0.05) is 36.1 Å². The lowest BCUT2D eigenvalue weighted by Gasteiger charge is -2.11. The molecule has 3 aromatic carbocycles. The maximum absolute atomic E-state index is 11.9. The van der Waals surface area contributed by atoms with Crippen molar-refractivity contribution in [1.29, 1.82) is 0 Å². The molecule has 1 amide bonds. The predicted molar refractivity (Wildman–Crippen MR) is 125 cm³/mol. The van der Waals surface area contributed by atoms with Crippen LogP contribution >= 0.6 is 0 Å². The number of hydrogen-bond donors (Lipinski definition) is 4. The molecule has 9 heteroatoms. The van der Waals surface area contributed by atoms with E-state index in [9.17, 15) is 23.1 Å². The fourth-order valence-corrected chi connectivity index (χ4v) is 3.86. The summed E-state index contributed by atoms with van der Waals surface area (Å²) in [5.41, 5.74) is 14.9. The van der Waals surface area contributed by atoms with E-state index in [1.807, 2.05) is 0 Å². The van der Waals surface area contributed by atoms with Gasteiger partial charge in [0.15, 0.2) is 0 Å². The van der Waals surface area contributed by atoms with Gasteiger partial charge in [-0.3, -0.25) is 4.79 Å². The number of nitrogens with two attached hydrogens (primary N) is 3. The minimum Gasteiger partial charge on any atom is -0.478 e. The summed E-state index contributed by atoms with van der Waals surface area (Å²) in [6.07, 6.45) is 0.293. The van der Waals surface area contributed by atoms with Crippen molar-refractivity contribution in [3.05, 3.63) is 82.4 Å². The van der Waals surface area contributed by atoms with E-state index in [1.54, 1.807) is 25.1 Å². The second-order valence-electron chi connectivity index (χ2n) is 7.29. The van der Waals surface area contributed by atoms with Gasteiger partial charge in [-0.2, -0.15) is 0 Å². The number of carboxylic acids is 1. The minimum absolute atomic E-state index is 0.0603. The number of hydrogen-bond acceptors (Lipinski definition) is 5. The molecule has 33 heavy (non-hydrogen) atoms. The maximum Gasteiger partial charge on any atom is 0.335 e. The van der Waals surface area contributed by atoms with Gasteiger partial charge in [-0.05, 0) is 53.9 Å². The van der Waals surface area contributed by atoms with Gasteiger partial charge in [-0.15, -0.1) is 0 Å². The highest BCUT2D eigenvalue weighted by Gasteiger charge is 2.15. The van der Waals surface area contributed by atoms with Crippen LogP contribution in [0.25, 0.3) is 11.1 Å². The number of primary amides is 1. The van der Waals surface area contributed by atoms with Crippen LogP contribution in [0.3, 0.4) is 0 Å². The van der Waals surface area contributed by atoms with Crippen LogP contribution in [0.1, 0.15) is 37.4 Å². The van der Waals surface area contributed by atoms with Crippen LogP contribution < -0.4 is 16.6 Å². The van der Waals surface area contributed by atoms with Gasteiger partial charge < -0.3 is 16.6 Å². The molecule has 7 N–H and O–H groups in total. The Labute approximate surface area is 191 Å². The van der Waals surface area contributed by atoms with Crippen LogP contribution in [0.15, 0.2) is 59.5 Å². The molecule has 0 aliphatic rings. The van der Waals surface area contributed by atoms with Gasteiger partial charge in [0.2, 0.25) is 10.0 Å². The molecule has 0 aliphatic carbocycles. The molecule has 8 nitrogen and oxygen atoms in total. The molecule has 3 rings (SSSR count). The number of anilines is 1. The Balaban J connectivity index is 2.02. The van der Waals surface area contributed by atoms with Gasteiger partial charge in [-0.25, -0.2) is 18.4 Å². The first-order valence-electron chi connectivity index (χ1n) is 9.66. The lowest BCUT2D eigenvalue weighted by atomic mass is 9.96. The third-order valence-corrected chi connectivity index (χ3v) is 6.06. The van der Waals surface area contributed by atoms with Crippen molar-refractivity contribution in [2.45, 2.75) is 18.2 Å². The molecule has 0 aromatic heterocycles. The molecule has 0 fully saturated rings. The fourth-order valence-electron chi connectivity index (χ4n) is 3.34. The normalized spacial score (nSPS) is 10.8. The van der Waals surface area contributed by atoms with E-state index in [0.29, 0.717) is 28.7 Å². The van der Waals surface area contributed by atoms with Gasteiger partial charge in [0.25, 0.3) is 5.91 Å². The van der Waals surface area contributed by atoms with Gasteiger partial charge in [0, 0.05) is 17.5 Å². The summed E-state index contributed by atoms with van der Waals surface area (Å²) in [5.74, 6) is 4.21. The first kappa shape index (κ1) is 23.5. The SMILES string of the molecule is Cc1c(CC#Cc2cc(C(N)=O)c(N)c(-c3ccc(S(N)(=O)=O)cc3)c2)cccc1C(=O)O. The Bertz CT molecular complexity index is 1430. The zero-order valence-electron chi connectivity index (χ0n) is 17.6. The molecule has 0 atom stereocenters. The average molecular weight is 464 g/mol. The lowest BCUT2D eigenvalue weighted by Crippen LogP contribution is -2.14. The molecule has 0 saturated heterocycles. The third-order valence-electron chi connectivity index (χ3n) is 5.13. The second kappa shape index (κ2) is 9.16. The summed E-state index contributed by atoms with van der Waals surface area (Å²) in [6, 6.07) is 13.9. The first-order chi connectivity index (χ1) is 15.5. The van der Waals surface area contributed by atoms with Crippen molar-refractivity contribution in [2.24, 2.45) is 10.9 Å². The third kappa shape index (κ3) is 5.20. The summed E-state index contributed by atoms with van der Waals surface area (Å²) in [6.45, 7) is 1.72. The number of aromatic carboxylic acids is 1. The smallest absolute Gasteiger partial charge is 0.335 e. The van der Waals surface area contributed by atoms with Crippen LogP contribution in [-0.2, 0) is 16.4 Å². The average Bonchev–Trinajstić information content (AvgIpc) is 2.75. The molecule has 0 heterocycles. The number of carbonyl (C=O) groups excluding carboxylic acids is 1. The Kier molecular flexibility index (Phi) is 6.53. The van der Waals surface area contributed by atoms with Gasteiger partial charge >= 0.3 is 5.97 Å². The van der Waals surface area contributed by atoms with Crippen LogP contribution in [0.5, 0.6) is 0 Å². The molecule has 168 valence electrons. The Morgan fingerprint density at radius 3 is 2.27 bits per heavy atom. The van der Waals surface area contributed by atoms with Crippen LogP contribution in [0.4, 0.5) is 5.69 Å². The van der Waals surface area contributed by atoms with E-state index in [-0.39, 0.29) is 21.7 Å². The summed E-state index contributed by atoms with van der Waals surface area (Å²) < 4.78 is 23.0. The second-order valence-corrected chi connectivity index (χ2v) is 8.85. The zero-order valence-corrected chi connectivity index (χ0v) is 18.4. The number of sulfonamides is 1. The number of primary sulfonamides is 1. The molecule has 0 spiro atoms. The van der Waals surface area contributed by atoms with Gasteiger partial charge in [0.05, 0.1) is 21.7 Å². The van der Waals surface area contributed by atoms with Crippen molar-refractivity contribution in [3.63, 3.8) is 0 Å². The number of rotatable bonds is 5. The molecule has 0 unspecified atom stereocenters. The maximum atomic E-state index is 11.9. The van der Waals surface area contributed by atoms with Crippen molar-refractivity contribution >= 4 is 27.6 Å². The van der Waals surface area contributed by atoms with Crippen LogP contribution in [0, 0.1) is 18.8 Å². The van der Waals surface area contributed by atoms with E-state index in [1.165, 1.54) is 36.4 Å². The standard InChI is InChI=1S/C24H21N3O5S/c1-14-16(6-3-7-19(14)24(29)30)5-2-4-15-12-20(22(25)21(13-15)23(26)28)17-8-10-18(11-9-17)33(27,31)32/h3,6-13H,5,25H2,1H3,(H2,26,28)(H,29,30)(H2,27,31,32). The largest absolute Gasteiger partial charge is 0.478 e. The molecule has 0 saturated carbocycles. The van der Waals surface area contributed by atoms with E-state index in [0.717, 1.165) is 5.56 Å². The van der Waals surface area contributed by atoms with Gasteiger partial charge in [0.1, 0.15) is 0 Å². The van der Waals surface area contributed by atoms with E-state index in [4.69, 9.17) is 16.6 Å². The summed E-state index contributed by atoms with van der Waals surface area (Å²) >= 11 is 0. The fraction of sp³-hybridized carbons (Fsp3) is 0.0833. The highest BCUT2D eigenvalue weighted by atomic mass is 32.2. The molecule has 0 radical (unpaired) electrons. The number of carbonyl (C=O) groups is 2. The molecular weight excluding hydrogens is 442 g/mol. The topological polar surface area (TPSA) is 167 Å². The molecule has 0 bridgehead atoms. The van der Waals surface area contributed by atoms with Crippen LogP contribution in [-0.4, -0.2) is 25.4 Å². The zero-order chi connectivity index (χ0) is 24.3.